The molecule has 4 nitrogen and oxygen atoms in total. The first-order valence-corrected chi connectivity index (χ1v) is 5.52. The molecular formula is C14H17NO3. The molecule has 96 valence electrons. The van der Waals surface area contributed by atoms with Gasteiger partial charge in [-0.1, -0.05) is 23.6 Å². The van der Waals surface area contributed by atoms with Crippen molar-refractivity contribution in [3.8, 4) is 18.1 Å². The quantitative estimate of drug-likeness (QED) is 0.804. The number of benzene rings is 1. The highest BCUT2D eigenvalue weighted by atomic mass is 16.5. The second-order valence-electron chi connectivity index (χ2n) is 4.11. The third-order valence-corrected chi connectivity index (χ3v) is 2.70. The minimum Gasteiger partial charge on any atom is -0.496 e. The van der Waals surface area contributed by atoms with Crippen molar-refractivity contribution >= 4 is 5.97 Å². The number of hydrogen-bond acceptors (Lipinski definition) is 3. The second kappa shape index (κ2) is 6.08. The molecule has 0 amide bonds. The van der Waals surface area contributed by atoms with Crippen LogP contribution < -0.4 is 4.74 Å². The summed E-state index contributed by atoms with van der Waals surface area (Å²) in [5.74, 6) is 2.05. The molecule has 0 radical (unpaired) electrons. The number of rotatable bonds is 5. The van der Waals surface area contributed by atoms with Crippen LogP contribution in [-0.4, -0.2) is 36.7 Å². The maximum atomic E-state index is 11.4. The lowest BCUT2D eigenvalue weighted by Crippen LogP contribution is -2.31. The summed E-state index contributed by atoms with van der Waals surface area (Å²) >= 11 is 0. The molecule has 0 aliphatic rings. The van der Waals surface area contributed by atoms with Crippen LogP contribution >= 0.6 is 0 Å². The van der Waals surface area contributed by atoms with Crippen molar-refractivity contribution in [1.82, 2.24) is 4.90 Å². The number of carboxylic acid groups (broad SMARTS) is 1. The van der Waals surface area contributed by atoms with E-state index in [1.54, 1.807) is 18.0 Å². The van der Waals surface area contributed by atoms with Crippen LogP contribution in [0.4, 0.5) is 0 Å². The van der Waals surface area contributed by atoms with Crippen LogP contribution in [0.5, 0.6) is 5.75 Å². The summed E-state index contributed by atoms with van der Waals surface area (Å²) in [7, 11) is 3.20. The van der Waals surface area contributed by atoms with Crippen molar-refractivity contribution in [2.24, 2.45) is 0 Å². The third kappa shape index (κ3) is 3.02. The molecule has 18 heavy (non-hydrogen) atoms. The largest absolute Gasteiger partial charge is 0.496 e. The van der Waals surface area contributed by atoms with E-state index in [0.29, 0.717) is 11.3 Å². The van der Waals surface area contributed by atoms with E-state index in [4.69, 9.17) is 11.2 Å². The highest BCUT2D eigenvalue weighted by Gasteiger charge is 2.27. The number of aliphatic carboxylic acids is 1. The maximum Gasteiger partial charge on any atom is 0.325 e. The van der Waals surface area contributed by atoms with Crippen LogP contribution in [0.1, 0.15) is 17.2 Å². The highest BCUT2D eigenvalue weighted by Crippen LogP contribution is 2.29. The van der Waals surface area contributed by atoms with E-state index >= 15 is 0 Å². The van der Waals surface area contributed by atoms with Crippen LogP contribution in [0, 0.1) is 19.3 Å². The summed E-state index contributed by atoms with van der Waals surface area (Å²) in [6, 6.07) is 4.65. The van der Waals surface area contributed by atoms with Crippen molar-refractivity contribution < 1.29 is 14.6 Å². The van der Waals surface area contributed by atoms with E-state index in [-0.39, 0.29) is 6.54 Å². The van der Waals surface area contributed by atoms with Crippen molar-refractivity contribution in [1.29, 1.82) is 0 Å². The Kier molecular flexibility index (Phi) is 4.75. The second-order valence-corrected chi connectivity index (χ2v) is 4.11. The summed E-state index contributed by atoms with van der Waals surface area (Å²) in [6.07, 6.45) is 5.23. The van der Waals surface area contributed by atoms with E-state index in [1.807, 2.05) is 19.1 Å². The Morgan fingerprint density at radius 3 is 2.78 bits per heavy atom. The summed E-state index contributed by atoms with van der Waals surface area (Å²) in [5, 5.41) is 9.37. The fourth-order valence-corrected chi connectivity index (χ4v) is 1.86. The molecule has 0 aliphatic heterocycles. The SMILES string of the molecule is C#CCN(C)[C@@H](C(=O)O)c1cc(C)ccc1OC. The molecule has 1 atom stereocenters. The van der Waals surface area contributed by atoms with Gasteiger partial charge < -0.3 is 9.84 Å². The van der Waals surface area contributed by atoms with Gasteiger partial charge in [0.15, 0.2) is 0 Å². The number of aryl methyl sites for hydroxylation is 1. The molecule has 0 bridgehead atoms. The molecule has 0 aliphatic carbocycles. The molecule has 1 aromatic carbocycles. The Morgan fingerprint density at radius 2 is 2.28 bits per heavy atom. The smallest absolute Gasteiger partial charge is 0.325 e. The Bertz CT molecular complexity index is 476. The van der Waals surface area contributed by atoms with Gasteiger partial charge in [-0.05, 0) is 20.0 Å². The van der Waals surface area contributed by atoms with E-state index < -0.39 is 12.0 Å². The predicted molar refractivity (Wildman–Crippen MR) is 69.6 cm³/mol. The monoisotopic (exact) mass is 247 g/mol. The van der Waals surface area contributed by atoms with Gasteiger partial charge in [0, 0.05) is 5.56 Å². The average molecular weight is 247 g/mol. The molecule has 0 aromatic heterocycles. The fraction of sp³-hybridized carbons (Fsp3) is 0.357. The lowest BCUT2D eigenvalue weighted by atomic mass is 10.0. The molecule has 0 saturated carbocycles. The summed E-state index contributed by atoms with van der Waals surface area (Å²) in [5.41, 5.74) is 1.59. The molecule has 1 aromatic rings. The number of carboxylic acids is 1. The van der Waals surface area contributed by atoms with Crippen molar-refractivity contribution in [2.45, 2.75) is 13.0 Å². The number of hydrogen-bond donors (Lipinski definition) is 1. The van der Waals surface area contributed by atoms with Gasteiger partial charge in [0.25, 0.3) is 0 Å². The lowest BCUT2D eigenvalue weighted by Gasteiger charge is -2.24. The van der Waals surface area contributed by atoms with Gasteiger partial charge in [0.2, 0.25) is 0 Å². The Hall–Kier alpha value is -1.99. The van der Waals surface area contributed by atoms with E-state index in [9.17, 15) is 9.90 Å². The summed E-state index contributed by atoms with van der Waals surface area (Å²) < 4.78 is 5.22. The molecule has 1 N–H and O–H groups in total. The minimum absolute atomic E-state index is 0.258. The molecule has 0 fully saturated rings. The van der Waals surface area contributed by atoms with Crippen molar-refractivity contribution in [2.75, 3.05) is 20.7 Å². The first-order valence-electron chi connectivity index (χ1n) is 5.52. The van der Waals surface area contributed by atoms with Crippen LogP contribution in [0.25, 0.3) is 0 Å². The maximum absolute atomic E-state index is 11.4. The van der Waals surface area contributed by atoms with Gasteiger partial charge in [-0.25, -0.2) is 0 Å². The minimum atomic E-state index is -0.948. The summed E-state index contributed by atoms with van der Waals surface area (Å²) in [6.45, 7) is 2.16. The molecule has 0 spiro atoms. The number of carbonyl (C=O) groups is 1. The van der Waals surface area contributed by atoms with E-state index in [1.165, 1.54) is 7.11 Å². The molecule has 0 unspecified atom stereocenters. The molecule has 1 rings (SSSR count). The first kappa shape index (κ1) is 14.1. The Morgan fingerprint density at radius 1 is 1.61 bits per heavy atom. The number of terminal acetylenes is 1. The summed E-state index contributed by atoms with van der Waals surface area (Å²) in [4.78, 5) is 13.0. The topological polar surface area (TPSA) is 49.8 Å². The van der Waals surface area contributed by atoms with Crippen molar-refractivity contribution in [3.63, 3.8) is 0 Å². The van der Waals surface area contributed by atoms with Crippen LogP contribution in [0.15, 0.2) is 18.2 Å². The Balaban J connectivity index is 3.25. The fourth-order valence-electron chi connectivity index (χ4n) is 1.86. The van der Waals surface area contributed by atoms with E-state index in [2.05, 4.69) is 5.92 Å². The lowest BCUT2D eigenvalue weighted by molar-refractivity contribution is -0.142. The van der Waals surface area contributed by atoms with Gasteiger partial charge >= 0.3 is 5.97 Å². The predicted octanol–water partition coefficient (Wildman–Crippen LogP) is 1.69. The average Bonchev–Trinajstić information content (AvgIpc) is 2.29. The molecule has 0 saturated heterocycles. The van der Waals surface area contributed by atoms with Gasteiger partial charge in [0.05, 0.1) is 13.7 Å². The van der Waals surface area contributed by atoms with E-state index in [0.717, 1.165) is 5.56 Å². The Labute approximate surface area is 107 Å². The molecule has 4 heteroatoms. The van der Waals surface area contributed by atoms with Crippen molar-refractivity contribution in [3.05, 3.63) is 29.3 Å². The van der Waals surface area contributed by atoms with Gasteiger partial charge in [-0.2, -0.15) is 0 Å². The third-order valence-electron chi connectivity index (χ3n) is 2.70. The molecule has 0 heterocycles. The highest BCUT2D eigenvalue weighted by molar-refractivity contribution is 5.77. The zero-order valence-corrected chi connectivity index (χ0v) is 10.8. The zero-order chi connectivity index (χ0) is 13.7. The number of ether oxygens (including phenoxy) is 1. The number of methoxy groups -OCH3 is 1. The van der Waals surface area contributed by atoms with Gasteiger partial charge in [0.1, 0.15) is 11.8 Å². The van der Waals surface area contributed by atoms with Crippen LogP contribution in [0.3, 0.4) is 0 Å². The standard InChI is InChI=1S/C14H17NO3/c1-5-8-15(3)13(14(16)17)11-9-10(2)6-7-12(11)18-4/h1,6-7,9,13H,8H2,2-4H3,(H,16,17)/t13-/m1/s1. The number of nitrogens with zero attached hydrogens (tertiary/aromatic N) is 1. The van der Waals surface area contributed by atoms with Crippen LogP contribution in [0.2, 0.25) is 0 Å². The van der Waals surface area contributed by atoms with Crippen LogP contribution in [-0.2, 0) is 4.79 Å². The zero-order valence-electron chi connectivity index (χ0n) is 10.8. The number of likely N-dealkylation sites (N-methyl/N-ethyl adjacent to an activating group) is 1. The van der Waals surface area contributed by atoms with Gasteiger partial charge in [-0.3, -0.25) is 9.69 Å². The molecular weight excluding hydrogens is 230 g/mol. The normalized spacial score (nSPS) is 11.9. The first-order chi connectivity index (χ1) is 8.51. The van der Waals surface area contributed by atoms with Gasteiger partial charge in [-0.15, -0.1) is 6.42 Å².